The van der Waals surface area contributed by atoms with Crippen molar-refractivity contribution in [1.29, 1.82) is 0 Å². The molecule has 0 fully saturated rings. The molecule has 0 amide bonds. The van der Waals surface area contributed by atoms with E-state index in [4.69, 9.17) is 0 Å². The van der Waals surface area contributed by atoms with Crippen LogP contribution in [-0.2, 0) is 0 Å². The highest BCUT2D eigenvalue weighted by Gasteiger charge is 2.22. The predicted octanol–water partition coefficient (Wildman–Crippen LogP) is 16.7. The van der Waals surface area contributed by atoms with E-state index >= 15 is 0 Å². The maximum atomic E-state index is 2.46. The molecule has 0 aromatic heterocycles. The topological polar surface area (TPSA) is 6.48 Å². The third-order valence-electron chi connectivity index (χ3n) is 11.6. The SMILES string of the molecule is Cc1cc(C)c(N(c2ccc(/C=C/c3ccc(/C=C/c4ccc(N(c5c(C)cc(C)cc5C)c5c(C)cc(C)cc5C)cc4)cc3)cc2)c2c(C)cc(C)cc2C)c(C)c1. The third kappa shape index (κ3) is 8.94. The van der Waals surface area contributed by atoms with Crippen molar-refractivity contribution in [3.8, 4) is 0 Å². The van der Waals surface area contributed by atoms with E-state index in [-0.39, 0.29) is 0 Å². The second-order valence-corrected chi connectivity index (χ2v) is 17.2. The lowest BCUT2D eigenvalue weighted by Crippen LogP contribution is -2.15. The monoisotopic (exact) mass is 784 g/mol. The van der Waals surface area contributed by atoms with Gasteiger partial charge in [-0.15, -0.1) is 0 Å². The molecule has 0 radical (unpaired) electrons. The zero-order chi connectivity index (χ0) is 42.8. The van der Waals surface area contributed by atoms with Crippen molar-refractivity contribution in [2.24, 2.45) is 0 Å². The Balaban J connectivity index is 1.09. The predicted molar refractivity (Wildman–Crippen MR) is 263 cm³/mol. The molecule has 0 N–H and O–H groups in total. The van der Waals surface area contributed by atoms with Crippen LogP contribution < -0.4 is 9.80 Å². The highest BCUT2D eigenvalue weighted by molar-refractivity contribution is 5.86. The van der Waals surface area contributed by atoms with Crippen LogP contribution in [0.15, 0.2) is 121 Å². The molecule has 0 spiro atoms. The van der Waals surface area contributed by atoms with Crippen LogP contribution in [0.25, 0.3) is 24.3 Å². The molecular formula is C58H60N2. The first-order valence-electron chi connectivity index (χ1n) is 21.2. The minimum absolute atomic E-state index is 1.16. The van der Waals surface area contributed by atoms with Gasteiger partial charge in [-0.3, -0.25) is 0 Å². The van der Waals surface area contributed by atoms with E-state index in [2.05, 4.69) is 239 Å². The molecule has 0 saturated heterocycles. The number of nitrogens with zero attached hydrogens (tertiary/aromatic N) is 2. The summed E-state index contributed by atoms with van der Waals surface area (Å²) in [6.45, 7) is 26.5. The van der Waals surface area contributed by atoms with Gasteiger partial charge in [0.15, 0.2) is 0 Å². The first-order chi connectivity index (χ1) is 28.7. The van der Waals surface area contributed by atoms with Gasteiger partial charge in [0.1, 0.15) is 0 Å². The largest absolute Gasteiger partial charge is 0.309 e. The molecule has 2 nitrogen and oxygen atoms in total. The fourth-order valence-electron chi connectivity index (χ4n) is 9.41. The summed E-state index contributed by atoms with van der Waals surface area (Å²) in [7, 11) is 0. The summed E-state index contributed by atoms with van der Waals surface area (Å²) in [6, 6.07) is 45.0. The average Bonchev–Trinajstić information content (AvgIpc) is 3.17. The van der Waals surface area contributed by atoms with Gasteiger partial charge in [0.25, 0.3) is 0 Å². The molecule has 0 aliphatic rings. The van der Waals surface area contributed by atoms with Crippen molar-refractivity contribution in [2.75, 3.05) is 9.80 Å². The number of benzene rings is 7. The molecule has 0 atom stereocenters. The summed E-state index contributed by atoms with van der Waals surface area (Å²) in [4.78, 5) is 4.91. The second kappa shape index (κ2) is 17.5. The van der Waals surface area contributed by atoms with Gasteiger partial charge in [-0.25, -0.2) is 0 Å². The van der Waals surface area contributed by atoms with Gasteiger partial charge in [0.05, 0.1) is 22.7 Å². The Morgan fingerprint density at radius 2 is 0.417 bits per heavy atom. The molecule has 2 heteroatoms. The van der Waals surface area contributed by atoms with E-state index in [0.717, 1.165) is 11.4 Å². The Labute approximate surface area is 360 Å². The van der Waals surface area contributed by atoms with Crippen molar-refractivity contribution in [1.82, 2.24) is 0 Å². The summed E-state index contributed by atoms with van der Waals surface area (Å²) in [5.41, 5.74) is 27.4. The minimum Gasteiger partial charge on any atom is -0.309 e. The molecule has 302 valence electrons. The number of hydrogen-bond donors (Lipinski definition) is 0. The Morgan fingerprint density at radius 1 is 0.250 bits per heavy atom. The summed E-state index contributed by atoms with van der Waals surface area (Å²) in [5.74, 6) is 0. The molecule has 60 heavy (non-hydrogen) atoms. The van der Waals surface area contributed by atoms with Crippen molar-refractivity contribution in [3.63, 3.8) is 0 Å². The van der Waals surface area contributed by atoms with Crippen molar-refractivity contribution in [3.05, 3.63) is 210 Å². The number of hydrogen-bond acceptors (Lipinski definition) is 2. The van der Waals surface area contributed by atoms with Crippen LogP contribution in [0.1, 0.15) is 89.0 Å². The van der Waals surface area contributed by atoms with Crippen LogP contribution in [0.2, 0.25) is 0 Å². The zero-order valence-corrected chi connectivity index (χ0v) is 37.8. The van der Waals surface area contributed by atoms with Gasteiger partial charge in [-0.1, -0.05) is 144 Å². The second-order valence-electron chi connectivity index (χ2n) is 17.2. The zero-order valence-electron chi connectivity index (χ0n) is 37.8. The van der Waals surface area contributed by atoms with E-state index in [1.807, 2.05) is 0 Å². The fraction of sp³-hybridized carbons (Fsp3) is 0.207. The highest BCUT2D eigenvalue weighted by Crippen LogP contribution is 2.44. The molecule has 0 aliphatic heterocycles. The van der Waals surface area contributed by atoms with Crippen LogP contribution in [0, 0.1) is 83.1 Å². The van der Waals surface area contributed by atoms with Gasteiger partial charge in [0, 0.05) is 11.4 Å². The van der Waals surface area contributed by atoms with Crippen LogP contribution in [0.3, 0.4) is 0 Å². The Morgan fingerprint density at radius 3 is 0.600 bits per heavy atom. The van der Waals surface area contributed by atoms with Crippen molar-refractivity contribution >= 4 is 58.4 Å². The van der Waals surface area contributed by atoms with Gasteiger partial charge in [-0.2, -0.15) is 0 Å². The van der Waals surface area contributed by atoms with E-state index in [1.54, 1.807) is 0 Å². The molecule has 0 heterocycles. The van der Waals surface area contributed by atoms with Crippen molar-refractivity contribution < 1.29 is 0 Å². The lowest BCUT2D eigenvalue weighted by atomic mass is 9.98. The van der Waals surface area contributed by atoms with Crippen LogP contribution in [0.4, 0.5) is 34.1 Å². The highest BCUT2D eigenvalue weighted by atomic mass is 15.2. The van der Waals surface area contributed by atoms with Gasteiger partial charge < -0.3 is 9.80 Å². The summed E-state index contributed by atoms with van der Waals surface area (Å²) in [6.07, 6.45) is 8.80. The number of rotatable bonds is 10. The summed E-state index contributed by atoms with van der Waals surface area (Å²) in [5, 5.41) is 0. The molecule has 0 unspecified atom stereocenters. The summed E-state index contributed by atoms with van der Waals surface area (Å²) < 4.78 is 0. The first kappa shape index (κ1) is 41.8. The molecule has 7 aromatic carbocycles. The van der Waals surface area contributed by atoms with Gasteiger partial charge in [-0.05, 0) is 174 Å². The average molecular weight is 785 g/mol. The maximum absolute atomic E-state index is 2.46. The minimum atomic E-state index is 1.16. The lowest BCUT2D eigenvalue weighted by Gasteiger charge is -2.32. The van der Waals surface area contributed by atoms with E-state index in [1.165, 1.54) is 112 Å². The molecular weight excluding hydrogens is 725 g/mol. The normalized spacial score (nSPS) is 11.5. The molecule has 0 aliphatic carbocycles. The molecule has 0 saturated carbocycles. The Bertz CT molecular complexity index is 2340. The maximum Gasteiger partial charge on any atom is 0.0520 e. The van der Waals surface area contributed by atoms with E-state index < -0.39 is 0 Å². The van der Waals surface area contributed by atoms with E-state index in [0.29, 0.717) is 0 Å². The van der Waals surface area contributed by atoms with Crippen LogP contribution >= 0.6 is 0 Å². The lowest BCUT2D eigenvalue weighted by molar-refractivity contribution is 1.16. The quantitative estimate of drug-likeness (QED) is 0.127. The van der Waals surface area contributed by atoms with Crippen molar-refractivity contribution in [2.45, 2.75) is 83.1 Å². The molecule has 7 rings (SSSR count). The standard InChI is InChI=1S/C58H60N2/c1-37-29-41(5)55(42(6)30-37)59(56-43(7)31-38(2)32-44(56)8)53-25-21-51(22-26-53)19-17-49-13-15-50(16-14-49)18-20-52-23-27-54(28-24-52)60(57-45(9)33-39(3)34-46(57)10)58-47(11)35-40(4)36-48(58)12/h13-36H,1-12H3/b19-17+,20-18+. The first-order valence-corrected chi connectivity index (χ1v) is 21.2. The Kier molecular flexibility index (Phi) is 12.2. The third-order valence-corrected chi connectivity index (χ3v) is 11.6. The summed E-state index contributed by atoms with van der Waals surface area (Å²) >= 11 is 0. The smallest absolute Gasteiger partial charge is 0.0520 e. The van der Waals surface area contributed by atoms with E-state index in [9.17, 15) is 0 Å². The Hall–Kier alpha value is -6.38. The number of aryl methyl sites for hydroxylation is 12. The van der Waals surface area contributed by atoms with Gasteiger partial charge in [0.2, 0.25) is 0 Å². The fourth-order valence-corrected chi connectivity index (χ4v) is 9.41. The van der Waals surface area contributed by atoms with Gasteiger partial charge >= 0.3 is 0 Å². The molecule has 0 bridgehead atoms. The number of anilines is 6. The van der Waals surface area contributed by atoms with Crippen LogP contribution in [0.5, 0.6) is 0 Å². The molecule has 7 aromatic rings. The van der Waals surface area contributed by atoms with Crippen LogP contribution in [-0.4, -0.2) is 0 Å².